The Labute approximate surface area is 164 Å². The van der Waals surface area contributed by atoms with Crippen molar-refractivity contribution in [3.8, 4) is 5.75 Å². The number of aryl methyl sites for hydroxylation is 1. The molecule has 1 aliphatic heterocycles. The minimum absolute atomic E-state index is 0.158. The van der Waals surface area contributed by atoms with E-state index >= 15 is 0 Å². The summed E-state index contributed by atoms with van der Waals surface area (Å²) in [6, 6.07) is 6.82. The van der Waals surface area contributed by atoms with Crippen LogP contribution < -0.4 is 15.4 Å². The number of methoxy groups -OCH3 is 1. The van der Waals surface area contributed by atoms with Gasteiger partial charge in [-0.15, -0.1) is 0 Å². The average molecular weight is 383 g/mol. The fraction of sp³-hybridized carbons (Fsp3) is 0.429. The van der Waals surface area contributed by atoms with E-state index in [1.54, 1.807) is 24.3 Å². The number of rotatable bonds is 5. The lowest BCUT2D eigenvalue weighted by Crippen LogP contribution is -2.47. The summed E-state index contributed by atoms with van der Waals surface area (Å²) in [4.78, 5) is 27.2. The van der Waals surface area contributed by atoms with E-state index in [0.717, 1.165) is 36.9 Å². The van der Waals surface area contributed by atoms with Gasteiger partial charge >= 0.3 is 6.03 Å². The van der Waals surface area contributed by atoms with E-state index in [1.807, 2.05) is 12.1 Å². The first-order valence-corrected chi connectivity index (χ1v) is 9.74. The second kappa shape index (κ2) is 7.96. The summed E-state index contributed by atoms with van der Waals surface area (Å²) in [6.45, 7) is 0.875. The molecule has 2 aliphatic rings. The fourth-order valence-electron chi connectivity index (χ4n) is 4.12. The molecule has 2 aromatic rings. The maximum atomic E-state index is 13.0. The molecule has 148 valence electrons. The van der Waals surface area contributed by atoms with E-state index in [2.05, 4.69) is 16.7 Å². The Bertz CT molecular complexity index is 863. The lowest BCUT2D eigenvalue weighted by atomic mass is 10.1. The molecule has 7 heteroatoms. The number of urea groups is 1. The van der Waals surface area contributed by atoms with E-state index in [-0.39, 0.29) is 11.9 Å². The van der Waals surface area contributed by atoms with Crippen molar-refractivity contribution in [2.24, 2.45) is 0 Å². The summed E-state index contributed by atoms with van der Waals surface area (Å²) >= 11 is 0. The first-order chi connectivity index (χ1) is 13.7. The molecule has 0 unspecified atom stereocenters. The van der Waals surface area contributed by atoms with Crippen molar-refractivity contribution in [1.29, 1.82) is 0 Å². The number of furan rings is 1. The molecule has 7 nitrogen and oxygen atoms in total. The van der Waals surface area contributed by atoms with Gasteiger partial charge in [0.25, 0.3) is 0 Å². The topological polar surface area (TPSA) is 83.8 Å². The van der Waals surface area contributed by atoms with Crippen LogP contribution in [0.3, 0.4) is 0 Å². The number of anilines is 1. The van der Waals surface area contributed by atoms with Crippen LogP contribution in [-0.4, -0.2) is 36.5 Å². The number of nitrogens with one attached hydrogen (secondary N) is 2. The Morgan fingerprint density at radius 3 is 2.93 bits per heavy atom. The zero-order chi connectivity index (χ0) is 19.5. The van der Waals surface area contributed by atoms with E-state index in [0.29, 0.717) is 31.0 Å². The van der Waals surface area contributed by atoms with Gasteiger partial charge in [-0.1, -0.05) is 6.07 Å². The van der Waals surface area contributed by atoms with Crippen molar-refractivity contribution in [3.63, 3.8) is 0 Å². The number of benzene rings is 1. The van der Waals surface area contributed by atoms with Gasteiger partial charge in [0.1, 0.15) is 17.6 Å². The Morgan fingerprint density at radius 2 is 2.14 bits per heavy atom. The smallest absolute Gasteiger partial charge is 0.322 e. The van der Waals surface area contributed by atoms with Gasteiger partial charge in [-0.2, -0.15) is 0 Å². The lowest BCUT2D eigenvalue weighted by molar-refractivity contribution is -0.124. The maximum Gasteiger partial charge on any atom is 0.322 e. The second-order valence-electron chi connectivity index (χ2n) is 7.21. The monoisotopic (exact) mass is 383 g/mol. The molecular weight excluding hydrogens is 358 g/mol. The van der Waals surface area contributed by atoms with Crippen LogP contribution in [0.25, 0.3) is 0 Å². The fourth-order valence-corrected chi connectivity index (χ4v) is 4.12. The third-order valence-electron chi connectivity index (χ3n) is 5.53. The molecule has 0 radical (unpaired) electrons. The van der Waals surface area contributed by atoms with Gasteiger partial charge in [0.05, 0.1) is 25.6 Å². The summed E-state index contributed by atoms with van der Waals surface area (Å²) in [6.07, 6.45) is 6.05. The van der Waals surface area contributed by atoms with Crippen molar-refractivity contribution in [2.75, 3.05) is 19.0 Å². The SMILES string of the molecule is COc1ccc2c(c1NC(=O)N1CCC[C@H]1C(=O)NCc1ccco1)CCC2. The molecule has 3 amide bonds. The van der Waals surface area contributed by atoms with Crippen LogP contribution in [0.15, 0.2) is 34.9 Å². The minimum atomic E-state index is -0.474. The second-order valence-corrected chi connectivity index (χ2v) is 7.21. The van der Waals surface area contributed by atoms with E-state index in [1.165, 1.54) is 5.56 Å². The lowest BCUT2D eigenvalue weighted by Gasteiger charge is -2.25. The molecule has 4 rings (SSSR count). The molecule has 1 fully saturated rings. The zero-order valence-electron chi connectivity index (χ0n) is 16.0. The Balaban J connectivity index is 1.46. The van der Waals surface area contributed by atoms with E-state index < -0.39 is 6.04 Å². The van der Waals surface area contributed by atoms with Gasteiger partial charge in [0.15, 0.2) is 0 Å². The molecule has 1 aromatic heterocycles. The summed E-state index contributed by atoms with van der Waals surface area (Å²) in [5.74, 6) is 1.19. The largest absolute Gasteiger partial charge is 0.495 e. The molecule has 0 saturated carbocycles. The number of nitrogens with zero attached hydrogens (tertiary/aromatic N) is 1. The average Bonchev–Trinajstić information content (AvgIpc) is 3.47. The minimum Gasteiger partial charge on any atom is -0.495 e. The van der Waals surface area contributed by atoms with Crippen molar-refractivity contribution in [3.05, 3.63) is 47.4 Å². The van der Waals surface area contributed by atoms with Gasteiger partial charge in [0, 0.05) is 6.54 Å². The van der Waals surface area contributed by atoms with Crippen LogP contribution in [0.4, 0.5) is 10.5 Å². The number of amides is 3. The van der Waals surface area contributed by atoms with Gasteiger partial charge in [0.2, 0.25) is 5.91 Å². The normalized spacial score (nSPS) is 18.0. The highest BCUT2D eigenvalue weighted by atomic mass is 16.5. The molecule has 0 bridgehead atoms. The van der Waals surface area contributed by atoms with Crippen LogP contribution in [0.1, 0.15) is 36.1 Å². The first-order valence-electron chi connectivity index (χ1n) is 9.74. The number of hydrogen-bond acceptors (Lipinski definition) is 4. The van der Waals surface area contributed by atoms with Crippen LogP contribution in [0, 0.1) is 0 Å². The molecule has 1 aromatic carbocycles. The Morgan fingerprint density at radius 1 is 1.25 bits per heavy atom. The van der Waals surface area contributed by atoms with Crippen molar-refractivity contribution < 1.29 is 18.7 Å². The van der Waals surface area contributed by atoms with Crippen LogP contribution in [0.2, 0.25) is 0 Å². The van der Waals surface area contributed by atoms with E-state index in [9.17, 15) is 9.59 Å². The first kappa shape index (κ1) is 18.4. The van der Waals surface area contributed by atoms with Crippen LogP contribution in [0.5, 0.6) is 5.75 Å². The summed E-state index contributed by atoms with van der Waals surface area (Å²) in [5, 5.41) is 5.88. The molecule has 0 spiro atoms. The van der Waals surface area contributed by atoms with Gasteiger partial charge in [-0.25, -0.2) is 4.79 Å². The standard InChI is InChI=1S/C21H25N3O4/c1-27-18-10-9-14-5-2-7-16(14)19(18)23-21(26)24-11-3-8-17(24)20(25)22-13-15-6-4-12-28-15/h4,6,9-10,12,17H,2-3,5,7-8,11,13H2,1H3,(H,22,25)(H,23,26)/t17-/m0/s1. The summed E-state index contributed by atoms with van der Waals surface area (Å²) < 4.78 is 10.7. The van der Waals surface area contributed by atoms with Gasteiger partial charge in [-0.3, -0.25) is 4.79 Å². The summed E-state index contributed by atoms with van der Waals surface area (Å²) in [5.41, 5.74) is 3.14. The maximum absolute atomic E-state index is 13.0. The number of likely N-dealkylation sites (tertiary alicyclic amines) is 1. The van der Waals surface area contributed by atoms with Crippen molar-refractivity contribution >= 4 is 17.6 Å². The number of fused-ring (bicyclic) bond motifs is 1. The van der Waals surface area contributed by atoms with Gasteiger partial charge < -0.3 is 24.7 Å². The Kier molecular flexibility index (Phi) is 5.23. The highest BCUT2D eigenvalue weighted by Gasteiger charge is 2.35. The molecule has 2 heterocycles. The molecule has 1 atom stereocenters. The van der Waals surface area contributed by atoms with Gasteiger partial charge in [-0.05, 0) is 61.4 Å². The highest BCUT2D eigenvalue weighted by molar-refractivity contribution is 5.96. The van der Waals surface area contributed by atoms with Crippen LogP contribution >= 0.6 is 0 Å². The van der Waals surface area contributed by atoms with Crippen molar-refractivity contribution in [1.82, 2.24) is 10.2 Å². The van der Waals surface area contributed by atoms with E-state index in [4.69, 9.17) is 9.15 Å². The highest BCUT2D eigenvalue weighted by Crippen LogP contribution is 2.36. The number of carbonyl (C=O) groups is 2. The number of ether oxygens (including phenoxy) is 1. The predicted octanol–water partition coefficient (Wildman–Crippen LogP) is 3.09. The Hall–Kier alpha value is -2.96. The van der Waals surface area contributed by atoms with Crippen molar-refractivity contribution in [2.45, 2.75) is 44.7 Å². The zero-order valence-corrected chi connectivity index (χ0v) is 16.0. The summed E-state index contributed by atoms with van der Waals surface area (Å²) in [7, 11) is 1.60. The third kappa shape index (κ3) is 3.56. The molecule has 1 aliphatic carbocycles. The van der Waals surface area contributed by atoms with Crippen LogP contribution in [-0.2, 0) is 24.2 Å². The predicted molar refractivity (Wildman–Crippen MR) is 104 cm³/mol. The molecule has 2 N–H and O–H groups in total. The molecular formula is C21H25N3O4. The third-order valence-corrected chi connectivity index (χ3v) is 5.53. The number of carbonyl (C=O) groups excluding carboxylic acids is 2. The molecule has 28 heavy (non-hydrogen) atoms. The molecule has 1 saturated heterocycles. The number of hydrogen-bond donors (Lipinski definition) is 2. The quantitative estimate of drug-likeness (QED) is 0.831.